The Morgan fingerprint density at radius 3 is 1.91 bits per heavy atom. The van der Waals surface area contributed by atoms with E-state index < -0.39 is 11.3 Å². The molecule has 0 bridgehead atoms. The smallest absolute Gasteiger partial charge is 0.0289 e. The predicted molar refractivity (Wildman–Crippen MR) is 45.7 cm³/mol. The highest BCUT2D eigenvalue weighted by atomic mass is 32.2. The van der Waals surface area contributed by atoms with Crippen molar-refractivity contribution in [1.29, 1.82) is 0 Å². The SMILES string of the molecule is CCC(C)(CC)N(C)S(=O)[O-]. The van der Waals surface area contributed by atoms with Crippen LogP contribution in [-0.2, 0) is 11.3 Å². The lowest BCUT2D eigenvalue weighted by Gasteiger charge is -2.38. The molecule has 0 amide bonds. The fourth-order valence-electron chi connectivity index (χ4n) is 0.875. The summed E-state index contributed by atoms with van der Waals surface area (Å²) in [6.45, 7) is 5.93. The van der Waals surface area contributed by atoms with E-state index >= 15 is 0 Å². The van der Waals surface area contributed by atoms with E-state index in [4.69, 9.17) is 0 Å². The summed E-state index contributed by atoms with van der Waals surface area (Å²) in [5, 5.41) is 0. The zero-order valence-corrected chi connectivity index (χ0v) is 8.40. The zero-order valence-electron chi connectivity index (χ0n) is 7.59. The molecule has 0 aromatic carbocycles. The van der Waals surface area contributed by atoms with Crippen LogP contribution in [0.1, 0.15) is 33.6 Å². The molecule has 0 fully saturated rings. The van der Waals surface area contributed by atoms with E-state index in [1.54, 1.807) is 7.05 Å². The molecule has 0 N–H and O–H groups in total. The Kier molecular flexibility index (Phi) is 4.21. The minimum absolute atomic E-state index is 0.216. The van der Waals surface area contributed by atoms with E-state index in [9.17, 15) is 8.76 Å². The van der Waals surface area contributed by atoms with Crippen molar-refractivity contribution >= 4 is 11.3 Å². The molecule has 3 nitrogen and oxygen atoms in total. The van der Waals surface area contributed by atoms with Crippen LogP contribution in [0, 0.1) is 0 Å². The van der Waals surface area contributed by atoms with Crippen LogP contribution in [0.2, 0.25) is 0 Å². The van der Waals surface area contributed by atoms with E-state index in [1.165, 1.54) is 4.31 Å². The first-order chi connectivity index (χ1) is 4.98. The third-order valence-electron chi connectivity index (χ3n) is 2.51. The highest BCUT2D eigenvalue weighted by Crippen LogP contribution is 2.22. The predicted octanol–water partition coefficient (Wildman–Crippen LogP) is 1.29. The van der Waals surface area contributed by atoms with Crippen molar-refractivity contribution in [3.05, 3.63) is 0 Å². The van der Waals surface area contributed by atoms with Gasteiger partial charge in [-0.3, -0.25) is 4.21 Å². The van der Waals surface area contributed by atoms with Crippen molar-refractivity contribution in [2.45, 2.75) is 39.2 Å². The van der Waals surface area contributed by atoms with Crippen LogP contribution in [0.3, 0.4) is 0 Å². The second-order valence-electron chi connectivity index (χ2n) is 2.92. The number of hydrogen-bond donors (Lipinski definition) is 0. The van der Waals surface area contributed by atoms with Crippen molar-refractivity contribution in [3.8, 4) is 0 Å². The lowest BCUT2D eigenvalue weighted by Crippen LogP contribution is -2.43. The summed E-state index contributed by atoms with van der Waals surface area (Å²) >= 11 is -2.10. The second kappa shape index (κ2) is 4.18. The molecular weight excluding hydrogens is 162 g/mol. The van der Waals surface area contributed by atoms with Gasteiger partial charge in [0.25, 0.3) is 0 Å². The fraction of sp³-hybridized carbons (Fsp3) is 1.00. The number of rotatable bonds is 4. The van der Waals surface area contributed by atoms with Crippen molar-refractivity contribution in [3.63, 3.8) is 0 Å². The largest absolute Gasteiger partial charge is 0.760 e. The molecule has 1 unspecified atom stereocenters. The Morgan fingerprint density at radius 1 is 1.45 bits per heavy atom. The first kappa shape index (κ1) is 11.1. The van der Waals surface area contributed by atoms with Crippen LogP contribution in [0.25, 0.3) is 0 Å². The molecule has 68 valence electrons. The van der Waals surface area contributed by atoms with Gasteiger partial charge in [-0.05, 0) is 26.8 Å². The van der Waals surface area contributed by atoms with Crippen LogP contribution >= 0.6 is 0 Å². The Hall–Kier alpha value is 0.0700. The summed E-state index contributed by atoms with van der Waals surface area (Å²) < 4.78 is 22.6. The Labute approximate surface area is 71.2 Å². The highest BCUT2D eigenvalue weighted by Gasteiger charge is 2.25. The standard InChI is InChI=1S/C7H17NO2S/c1-5-7(3,6-2)8(4)11(9)10/h5-6H2,1-4H3,(H,9,10)/p-1. The quantitative estimate of drug-likeness (QED) is 0.609. The molecule has 0 rings (SSSR count). The van der Waals surface area contributed by atoms with Gasteiger partial charge in [-0.1, -0.05) is 13.8 Å². The average Bonchev–Trinajstić information content (AvgIpc) is 2.01. The lowest BCUT2D eigenvalue weighted by molar-refractivity contribution is 0.218. The van der Waals surface area contributed by atoms with Gasteiger partial charge in [-0.15, -0.1) is 0 Å². The van der Waals surface area contributed by atoms with Gasteiger partial charge >= 0.3 is 0 Å². The summed E-state index contributed by atoms with van der Waals surface area (Å²) in [7, 11) is 1.61. The molecule has 0 aromatic heterocycles. The van der Waals surface area contributed by atoms with Gasteiger partial charge in [-0.25, -0.2) is 4.31 Å². The molecule has 0 radical (unpaired) electrons. The van der Waals surface area contributed by atoms with Gasteiger partial charge in [0.1, 0.15) is 0 Å². The number of nitrogens with zero attached hydrogens (tertiary/aromatic N) is 1. The van der Waals surface area contributed by atoms with Gasteiger partial charge in [0.15, 0.2) is 0 Å². The molecule has 0 heterocycles. The second-order valence-corrected chi connectivity index (χ2v) is 3.90. The van der Waals surface area contributed by atoms with Gasteiger partial charge < -0.3 is 4.55 Å². The summed E-state index contributed by atoms with van der Waals surface area (Å²) in [5.74, 6) is 0. The van der Waals surface area contributed by atoms with Crippen LogP contribution in [0.15, 0.2) is 0 Å². The zero-order chi connectivity index (χ0) is 9.07. The first-order valence-electron chi connectivity index (χ1n) is 3.81. The topological polar surface area (TPSA) is 43.4 Å². The van der Waals surface area contributed by atoms with E-state index in [-0.39, 0.29) is 5.54 Å². The maximum atomic E-state index is 10.6. The summed E-state index contributed by atoms with van der Waals surface area (Å²) in [6, 6.07) is 0. The van der Waals surface area contributed by atoms with E-state index in [1.807, 2.05) is 20.8 Å². The molecule has 0 aromatic rings. The molecule has 11 heavy (non-hydrogen) atoms. The van der Waals surface area contributed by atoms with Crippen molar-refractivity contribution in [1.82, 2.24) is 4.31 Å². The average molecular weight is 178 g/mol. The van der Waals surface area contributed by atoms with Gasteiger partial charge in [-0.2, -0.15) is 0 Å². The lowest BCUT2D eigenvalue weighted by atomic mass is 9.96. The molecule has 0 aliphatic carbocycles. The summed E-state index contributed by atoms with van der Waals surface area (Å²) in [5.41, 5.74) is -0.216. The molecule has 0 aliphatic rings. The molecule has 0 saturated heterocycles. The number of hydrogen-bond acceptors (Lipinski definition) is 2. The van der Waals surface area contributed by atoms with Crippen LogP contribution in [0.5, 0.6) is 0 Å². The minimum Gasteiger partial charge on any atom is -0.760 e. The molecule has 0 aliphatic heterocycles. The van der Waals surface area contributed by atoms with Gasteiger partial charge in [0.2, 0.25) is 0 Å². The van der Waals surface area contributed by atoms with Crippen LogP contribution in [-0.4, -0.2) is 25.7 Å². The van der Waals surface area contributed by atoms with E-state index in [0.29, 0.717) is 0 Å². The van der Waals surface area contributed by atoms with E-state index in [0.717, 1.165) is 12.8 Å². The minimum atomic E-state index is -2.10. The van der Waals surface area contributed by atoms with E-state index in [2.05, 4.69) is 0 Å². The monoisotopic (exact) mass is 178 g/mol. The van der Waals surface area contributed by atoms with Crippen LogP contribution < -0.4 is 0 Å². The van der Waals surface area contributed by atoms with Crippen molar-refractivity contribution in [2.24, 2.45) is 0 Å². The highest BCUT2D eigenvalue weighted by molar-refractivity contribution is 7.76. The van der Waals surface area contributed by atoms with Crippen molar-refractivity contribution < 1.29 is 8.76 Å². The molecular formula is C7H16NO2S-. The maximum Gasteiger partial charge on any atom is 0.0289 e. The normalized spacial score (nSPS) is 15.5. The van der Waals surface area contributed by atoms with Gasteiger partial charge in [0.05, 0.1) is 0 Å². The maximum absolute atomic E-state index is 10.6. The molecule has 4 heteroatoms. The molecule has 1 atom stereocenters. The third-order valence-corrected chi connectivity index (χ3v) is 3.40. The Balaban J connectivity index is 4.36. The van der Waals surface area contributed by atoms with Crippen molar-refractivity contribution in [2.75, 3.05) is 7.05 Å². The molecule has 0 saturated carbocycles. The van der Waals surface area contributed by atoms with Crippen LogP contribution in [0.4, 0.5) is 0 Å². The summed E-state index contributed by atoms with van der Waals surface area (Å²) in [4.78, 5) is 0. The Morgan fingerprint density at radius 2 is 1.82 bits per heavy atom. The first-order valence-corrected chi connectivity index (χ1v) is 4.84. The fourth-order valence-corrected chi connectivity index (χ4v) is 1.49. The van der Waals surface area contributed by atoms with Gasteiger partial charge in [0, 0.05) is 16.8 Å². The third kappa shape index (κ3) is 2.54. The Bertz CT molecular complexity index is 145. The molecule has 0 spiro atoms. The summed E-state index contributed by atoms with van der Waals surface area (Å²) in [6.07, 6.45) is 1.68.